The molecule has 0 bridgehead atoms. The summed E-state index contributed by atoms with van der Waals surface area (Å²) in [5, 5.41) is 22.1. The lowest BCUT2D eigenvalue weighted by Gasteiger charge is -2.38. The molecule has 3 aliphatic rings. The third kappa shape index (κ3) is 5.14. The first-order valence-electron chi connectivity index (χ1n) is 13.2. The number of ether oxygens (including phenoxy) is 2. The van der Waals surface area contributed by atoms with Gasteiger partial charge < -0.3 is 20.5 Å². The summed E-state index contributed by atoms with van der Waals surface area (Å²) in [5.41, 5.74) is 11.0. The van der Waals surface area contributed by atoms with Gasteiger partial charge in [0.1, 0.15) is 5.82 Å². The number of carbonyl (C=O) groups is 2. The number of nitriles is 1. The number of benzene rings is 2. The number of ketones is 1. The molecule has 3 N–H and O–H groups in total. The number of fused-ring (bicyclic) bond motifs is 1. The second-order valence-electron chi connectivity index (χ2n) is 9.67. The van der Waals surface area contributed by atoms with Crippen LogP contribution in [0.1, 0.15) is 43.2 Å². The number of allylic oxidation sites excluding steroid dienone is 3. The number of thioether (sulfide) groups is 1. The minimum Gasteiger partial charge on any atom is -0.454 e. The Bertz CT molecular complexity index is 1640. The van der Waals surface area contributed by atoms with E-state index in [-0.39, 0.29) is 30.1 Å². The maximum Gasteiger partial charge on any atom is 0.234 e. The van der Waals surface area contributed by atoms with Crippen molar-refractivity contribution in [3.63, 3.8) is 0 Å². The Morgan fingerprint density at radius 1 is 1.20 bits per heavy atom. The van der Waals surface area contributed by atoms with Crippen molar-refractivity contribution in [2.75, 3.05) is 22.8 Å². The maximum absolute atomic E-state index is 13.3. The molecule has 208 valence electrons. The van der Waals surface area contributed by atoms with Gasteiger partial charge in [-0.15, -0.1) is 10.2 Å². The lowest BCUT2D eigenvalue weighted by atomic mass is 9.75. The third-order valence-electron chi connectivity index (χ3n) is 7.20. The van der Waals surface area contributed by atoms with Gasteiger partial charge in [0.05, 0.1) is 23.3 Å². The van der Waals surface area contributed by atoms with Crippen LogP contribution in [-0.2, 0) is 16.0 Å². The van der Waals surface area contributed by atoms with Crippen molar-refractivity contribution in [3.8, 4) is 17.6 Å². The van der Waals surface area contributed by atoms with E-state index in [0.717, 1.165) is 17.7 Å². The summed E-state index contributed by atoms with van der Waals surface area (Å²) >= 11 is 2.50. The zero-order valence-electron chi connectivity index (χ0n) is 22.2. The largest absolute Gasteiger partial charge is 0.454 e. The van der Waals surface area contributed by atoms with Crippen LogP contribution in [0.4, 0.5) is 10.8 Å². The number of hydrogen-bond donors (Lipinski definition) is 2. The van der Waals surface area contributed by atoms with E-state index in [1.54, 1.807) is 23.1 Å². The van der Waals surface area contributed by atoms with Crippen LogP contribution >= 0.6 is 23.1 Å². The molecule has 12 heteroatoms. The number of rotatable bonds is 7. The molecule has 1 unspecified atom stereocenters. The lowest BCUT2D eigenvalue weighted by Crippen LogP contribution is -2.38. The Morgan fingerprint density at radius 2 is 2.00 bits per heavy atom. The van der Waals surface area contributed by atoms with Crippen molar-refractivity contribution in [1.82, 2.24) is 10.2 Å². The van der Waals surface area contributed by atoms with Crippen molar-refractivity contribution in [1.29, 1.82) is 5.26 Å². The minimum absolute atomic E-state index is 0.0142. The summed E-state index contributed by atoms with van der Waals surface area (Å²) in [6.07, 6.45) is 2.63. The number of nitrogens with zero attached hydrogens (tertiary/aromatic N) is 4. The molecule has 3 aromatic rings. The molecule has 0 fully saturated rings. The summed E-state index contributed by atoms with van der Waals surface area (Å²) in [6, 6.07) is 15.5. The van der Waals surface area contributed by atoms with Crippen molar-refractivity contribution in [2.24, 2.45) is 5.73 Å². The predicted octanol–water partition coefficient (Wildman–Crippen LogP) is 4.86. The molecule has 3 heterocycles. The van der Waals surface area contributed by atoms with Gasteiger partial charge in [0.25, 0.3) is 0 Å². The van der Waals surface area contributed by atoms with E-state index in [1.807, 2.05) is 24.3 Å². The zero-order valence-corrected chi connectivity index (χ0v) is 23.8. The van der Waals surface area contributed by atoms with Gasteiger partial charge >= 0.3 is 0 Å². The van der Waals surface area contributed by atoms with E-state index in [0.29, 0.717) is 57.1 Å². The number of hydrogen-bond acceptors (Lipinski definition) is 11. The monoisotopic (exact) mass is 586 g/mol. The zero-order chi connectivity index (χ0) is 28.5. The summed E-state index contributed by atoms with van der Waals surface area (Å²) in [5.74, 6) is 0.867. The highest BCUT2D eigenvalue weighted by Gasteiger charge is 2.41. The molecular formula is C29H26N6O4S2. The van der Waals surface area contributed by atoms with Gasteiger partial charge in [-0.1, -0.05) is 54.3 Å². The van der Waals surface area contributed by atoms with E-state index in [2.05, 4.69) is 28.5 Å². The number of amides is 1. The topological polar surface area (TPSA) is 143 Å². The Hall–Kier alpha value is -4.34. The van der Waals surface area contributed by atoms with Crippen LogP contribution in [0.2, 0.25) is 0 Å². The Kier molecular flexibility index (Phi) is 7.38. The third-order valence-corrected chi connectivity index (χ3v) is 9.25. The normalized spacial score (nSPS) is 17.9. The number of nitrogens with two attached hydrogens (primary N) is 1. The van der Waals surface area contributed by atoms with E-state index in [4.69, 9.17) is 15.2 Å². The van der Waals surface area contributed by atoms with E-state index in [9.17, 15) is 14.9 Å². The predicted molar refractivity (Wildman–Crippen MR) is 156 cm³/mol. The van der Waals surface area contributed by atoms with Crippen LogP contribution in [0.3, 0.4) is 0 Å². The first kappa shape index (κ1) is 26.9. The minimum atomic E-state index is -0.522. The Labute approximate surface area is 244 Å². The molecular weight excluding hydrogens is 560 g/mol. The second kappa shape index (κ2) is 11.3. The average Bonchev–Trinajstić information content (AvgIpc) is 3.65. The number of nitrogens with one attached hydrogen (secondary N) is 1. The molecule has 6 rings (SSSR count). The van der Waals surface area contributed by atoms with Crippen LogP contribution in [-0.4, -0.2) is 34.4 Å². The molecule has 1 atom stereocenters. The molecule has 41 heavy (non-hydrogen) atoms. The first-order valence-corrected chi connectivity index (χ1v) is 15.0. The quantitative estimate of drug-likeness (QED) is 0.368. The van der Waals surface area contributed by atoms with Crippen molar-refractivity contribution in [2.45, 2.75) is 42.9 Å². The van der Waals surface area contributed by atoms with Gasteiger partial charge in [-0.25, -0.2) is 0 Å². The van der Waals surface area contributed by atoms with E-state index >= 15 is 0 Å². The highest BCUT2D eigenvalue weighted by Crippen LogP contribution is 2.47. The smallest absolute Gasteiger partial charge is 0.234 e. The molecule has 0 radical (unpaired) electrons. The van der Waals surface area contributed by atoms with Gasteiger partial charge in [-0.2, -0.15) is 5.26 Å². The summed E-state index contributed by atoms with van der Waals surface area (Å²) < 4.78 is 11.2. The van der Waals surface area contributed by atoms with Gasteiger partial charge in [0, 0.05) is 29.4 Å². The summed E-state index contributed by atoms with van der Waals surface area (Å²) in [7, 11) is 0. The fourth-order valence-corrected chi connectivity index (χ4v) is 6.91. The van der Waals surface area contributed by atoms with E-state index in [1.165, 1.54) is 28.7 Å². The van der Waals surface area contributed by atoms with Crippen LogP contribution in [0, 0.1) is 11.3 Å². The van der Waals surface area contributed by atoms with Gasteiger partial charge in [-0.3, -0.25) is 14.5 Å². The van der Waals surface area contributed by atoms with Crippen molar-refractivity contribution < 1.29 is 19.1 Å². The van der Waals surface area contributed by atoms with Crippen LogP contribution in [0.15, 0.2) is 69.5 Å². The standard InChI is InChI=1S/C29H26N6O4S2/c1-2-16-6-8-17(9-7-16)25-19(13-30)27(31)35(20-4-3-5-21(36)26(20)25)28-33-34-29(41-28)40-14-24(37)32-18-10-11-22-23(12-18)39-15-38-22/h6-12,25H,2-5,14-15,31H2,1H3,(H,32,37). The summed E-state index contributed by atoms with van der Waals surface area (Å²) in [4.78, 5) is 27.6. The number of aromatic nitrogens is 2. The number of anilines is 2. The Balaban J connectivity index is 1.23. The Morgan fingerprint density at radius 3 is 2.78 bits per heavy atom. The fraction of sp³-hybridized carbons (Fsp3) is 0.276. The van der Waals surface area contributed by atoms with Crippen LogP contribution in [0.25, 0.3) is 0 Å². The lowest BCUT2D eigenvalue weighted by molar-refractivity contribution is -0.116. The molecule has 1 amide bonds. The molecule has 10 nitrogen and oxygen atoms in total. The highest BCUT2D eigenvalue weighted by molar-refractivity contribution is 8.01. The number of aryl methyl sites for hydroxylation is 1. The molecule has 0 spiro atoms. The molecule has 2 aromatic carbocycles. The van der Waals surface area contributed by atoms with Gasteiger partial charge in [0.15, 0.2) is 21.6 Å². The molecule has 1 aromatic heterocycles. The average molecular weight is 587 g/mol. The van der Waals surface area contributed by atoms with Crippen molar-refractivity contribution in [3.05, 3.63) is 76.3 Å². The summed E-state index contributed by atoms with van der Waals surface area (Å²) in [6.45, 7) is 2.24. The molecule has 2 aliphatic heterocycles. The van der Waals surface area contributed by atoms with E-state index < -0.39 is 5.92 Å². The highest BCUT2D eigenvalue weighted by atomic mass is 32.2. The fourth-order valence-electron chi connectivity index (χ4n) is 5.23. The maximum atomic E-state index is 13.3. The SMILES string of the molecule is CCc1ccc(C2C(C#N)=C(N)N(c3nnc(SCC(=O)Nc4ccc5c(c4)OCO5)s3)C3=C2C(=O)CCC3)cc1. The molecule has 0 saturated heterocycles. The first-order chi connectivity index (χ1) is 20.0. The van der Waals surface area contributed by atoms with Crippen LogP contribution < -0.4 is 25.4 Å². The number of Topliss-reactive ketones (excluding diaryl/α,β-unsaturated/α-hetero) is 1. The van der Waals surface area contributed by atoms with Gasteiger partial charge in [-0.05, 0) is 42.5 Å². The van der Waals surface area contributed by atoms with Crippen molar-refractivity contribution >= 4 is 45.6 Å². The van der Waals surface area contributed by atoms with Gasteiger partial charge in [0.2, 0.25) is 17.8 Å². The number of carbonyl (C=O) groups excluding carboxylic acids is 2. The second-order valence-corrected chi connectivity index (χ2v) is 11.8. The van der Waals surface area contributed by atoms with Crippen LogP contribution in [0.5, 0.6) is 11.5 Å². The molecule has 1 aliphatic carbocycles. The molecule has 0 saturated carbocycles.